The van der Waals surface area contributed by atoms with Crippen molar-refractivity contribution >= 4 is 21.8 Å². The summed E-state index contributed by atoms with van der Waals surface area (Å²) in [4.78, 5) is 26.2. The smallest absolute Gasteiger partial charge is 0.351 e. The predicted octanol–water partition coefficient (Wildman–Crippen LogP) is 2.24. The lowest BCUT2D eigenvalue weighted by Crippen LogP contribution is -2.61. The van der Waals surface area contributed by atoms with Crippen LogP contribution in [0.5, 0.6) is 0 Å². The highest BCUT2D eigenvalue weighted by molar-refractivity contribution is 7.89. The highest BCUT2D eigenvalue weighted by atomic mass is 32.2. The SMILES string of the molecule is CC(=O)N1CCN(S(=O)(=O)c2ccccc2)C(C(=O)NCc2ccc(C(F)(F)F)cc2)C1. The molecule has 32 heavy (non-hydrogen) atoms. The summed E-state index contributed by atoms with van der Waals surface area (Å²) in [5.41, 5.74) is -0.389. The van der Waals surface area contributed by atoms with E-state index in [1.54, 1.807) is 18.2 Å². The van der Waals surface area contributed by atoms with Gasteiger partial charge in [-0.3, -0.25) is 9.59 Å². The molecule has 11 heteroatoms. The number of carbonyl (C=O) groups excluding carboxylic acids is 2. The zero-order valence-corrected chi connectivity index (χ0v) is 18.0. The molecule has 1 fully saturated rings. The van der Waals surface area contributed by atoms with Gasteiger partial charge in [0.2, 0.25) is 21.8 Å². The average Bonchev–Trinajstić information content (AvgIpc) is 2.77. The van der Waals surface area contributed by atoms with E-state index in [4.69, 9.17) is 0 Å². The number of nitrogens with zero attached hydrogens (tertiary/aromatic N) is 2. The number of hydrogen-bond acceptors (Lipinski definition) is 4. The molecule has 2 amide bonds. The molecule has 7 nitrogen and oxygen atoms in total. The average molecular weight is 469 g/mol. The Balaban J connectivity index is 1.78. The van der Waals surface area contributed by atoms with Gasteiger partial charge in [0.15, 0.2) is 0 Å². The Morgan fingerprint density at radius 1 is 1.03 bits per heavy atom. The lowest BCUT2D eigenvalue weighted by Gasteiger charge is -2.39. The summed E-state index contributed by atoms with van der Waals surface area (Å²) in [5, 5.41) is 2.58. The molecule has 3 rings (SSSR count). The van der Waals surface area contributed by atoms with Gasteiger partial charge in [-0.15, -0.1) is 0 Å². The third kappa shape index (κ3) is 5.28. The summed E-state index contributed by atoms with van der Waals surface area (Å²) in [5.74, 6) is -0.933. The molecule has 1 heterocycles. The molecule has 0 aliphatic carbocycles. The first-order valence-electron chi connectivity index (χ1n) is 9.76. The minimum atomic E-state index is -4.47. The second kappa shape index (κ2) is 9.29. The minimum Gasteiger partial charge on any atom is -0.351 e. The first kappa shape index (κ1) is 23.7. The van der Waals surface area contributed by atoms with Crippen molar-refractivity contribution in [2.75, 3.05) is 19.6 Å². The zero-order valence-electron chi connectivity index (χ0n) is 17.2. The van der Waals surface area contributed by atoms with Gasteiger partial charge in [-0.05, 0) is 29.8 Å². The van der Waals surface area contributed by atoms with Crippen LogP contribution in [0.15, 0.2) is 59.5 Å². The lowest BCUT2D eigenvalue weighted by molar-refractivity contribution is -0.138. The fourth-order valence-corrected chi connectivity index (χ4v) is 4.99. The third-order valence-corrected chi connectivity index (χ3v) is 7.10. The molecule has 0 aromatic heterocycles. The maximum Gasteiger partial charge on any atom is 0.416 e. The van der Waals surface area contributed by atoms with E-state index in [0.29, 0.717) is 5.56 Å². The fraction of sp³-hybridized carbons (Fsp3) is 0.333. The third-order valence-electron chi connectivity index (χ3n) is 5.18. The molecule has 0 radical (unpaired) electrons. The van der Waals surface area contributed by atoms with Crippen LogP contribution in [0.2, 0.25) is 0 Å². The van der Waals surface area contributed by atoms with Crippen LogP contribution in [0.3, 0.4) is 0 Å². The standard InChI is InChI=1S/C21H22F3N3O4S/c1-15(28)26-11-12-27(32(30,31)18-5-3-2-4-6-18)19(14-26)20(29)25-13-16-7-9-17(10-8-16)21(22,23)24/h2-10,19H,11-14H2,1H3,(H,25,29). The number of nitrogens with one attached hydrogen (secondary N) is 1. The zero-order chi connectivity index (χ0) is 23.5. The quantitative estimate of drug-likeness (QED) is 0.728. The van der Waals surface area contributed by atoms with Crippen LogP contribution in [-0.4, -0.2) is 55.1 Å². The highest BCUT2D eigenvalue weighted by Crippen LogP contribution is 2.29. The van der Waals surface area contributed by atoms with E-state index in [2.05, 4.69) is 5.32 Å². The predicted molar refractivity (Wildman–Crippen MR) is 110 cm³/mol. The molecular weight excluding hydrogens is 447 g/mol. The number of sulfonamides is 1. The summed E-state index contributed by atoms with van der Waals surface area (Å²) in [6.07, 6.45) is -4.47. The molecule has 172 valence electrons. The van der Waals surface area contributed by atoms with E-state index in [9.17, 15) is 31.2 Å². The monoisotopic (exact) mass is 469 g/mol. The van der Waals surface area contributed by atoms with Gasteiger partial charge in [-0.25, -0.2) is 8.42 Å². The summed E-state index contributed by atoms with van der Waals surface area (Å²) in [6.45, 7) is 1.20. The number of amides is 2. The Hall–Kier alpha value is -2.92. The van der Waals surface area contributed by atoms with Crippen LogP contribution in [-0.2, 0) is 32.3 Å². The lowest BCUT2D eigenvalue weighted by atomic mass is 10.1. The number of benzene rings is 2. The van der Waals surface area contributed by atoms with Gasteiger partial charge in [0.25, 0.3) is 0 Å². The topological polar surface area (TPSA) is 86.8 Å². The molecule has 1 atom stereocenters. The van der Waals surface area contributed by atoms with Gasteiger partial charge in [-0.1, -0.05) is 30.3 Å². The van der Waals surface area contributed by atoms with E-state index in [1.165, 1.54) is 36.1 Å². The van der Waals surface area contributed by atoms with E-state index in [0.717, 1.165) is 16.4 Å². The molecule has 1 N–H and O–H groups in total. The number of halogens is 3. The summed E-state index contributed by atoms with van der Waals surface area (Å²) in [6, 6.07) is 10.8. The molecule has 0 spiro atoms. The maximum absolute atomic E-state index is 13.1. The Labute approximate surface area is 183 Å². The molecular formula is C21H22F3N3O4S. The Morgan fingerprint density at radius 2 is 1.66 bits per heavy atom. The van der Waals surface area contributed by atoms with Crippen molar-refractivity contribution in [1.29, 1.82) is 0 Å². The Bertz CT molecular complexity index is 1070. The molecule has 1 saturated heterocycles. The van der Waals surface area contributed by atoms with Crippen molar-refractivity contribution in [1.82, 2.24) is 14.5 Å². The van der Waals surface area contributed by atoms with Crippen LogP contribution < -0.4 is 5.32 Å². The molecule has 2 aromatic carbocycles. The summed E-state index contributed by atoms with van der Waals surface area (Å²) < 4.78 is 65.4. The van der Waals surface area contributed by atoms with Gasteiger partial charge in [0.1, 0.15) is 6.04 Å². The van der Waals surface area contributed by atoms with Crippen LogP contribution in [0.1, 0.15) is 18.1 Å². The second-order valence-electron chi connectivity index (χ2n) is 7.32. The highest BCUT2D eigenvalue weighted by Gasteiger charge is 2.40. The first-order chi connectivity index (χ1) is 15.0. The largest absolute Gasteiger partial charge is 0.416 e. The van der Waals surface area contributed by atoms with Crippen LogP contribution >= 0.6 is 0 Å². The minimum absolute atomic E-state index is 0.0248. The molecule has 1 aliphatic rings. The van der Waals surface area contributed by atoms with Crippen molar-refractivity contribution in [3.8, 4) is 0 Å². The normalized spacial score (nSPS) is 17.8. The van der Waals surface area contributed by atoms with E-state index in [-0.39, 0.29) is 37.0 Å². The van der Waals surface area contributed by atoms with Crippen LogP contribution in [0.25, 0.3) is 0 Å². The number of alkyl halides is 3. The van der Waals surface area contributed by atoms with Crippen molar-refractivity contribution in [2.24, 2.45) is 0 Å². The molecule has 2 aromatic rings. The number of piperazine rings is 1. The molecule has 1 unspecified atom stereocenters. The van der Waals surface area contributed by atoms with E-state index in [1.807, 2.05) is 0 Å². The summed E-state index contributed by atoms with van der Waals surface area (Å²) >= 11 is 0. The van der Waals surface area contributed by atoms with Gasteiger partial charge in [0, 0.05) is 33.1 Å². The summed E-state index contributed by atoms with van der Waals surface area (Å²) in [7, 11) is -4.00. The number of rotatable bonds is 5. The van der Waals surface area contributed by atoms with Crippen molar-refractivity contribution in [2.45, 2.75) is 30.6 Å². The molecule has 0 bridgehead atoms. The molecule has 1 aliphatic heterocycles. The Morgan fingerprint density at radius 3 is 2.22 bits per heavy atom. The Kier molecular flexibility index (Phi) is 6.89. The first-order valence-corrected chi connectivity index (χ1v) is 11.2. The van der Waals surface area contributed by atoms with Crippen molar-refractivity contribution < 1.29 is 31.2 Å². The van der Waals surface area contributed by atoms with Gasteiger partial charge < -0.3 is 10.2 Å². The van der Waals surface area contributed by atoms with Crippen molar-refractivity contribution in [3.05, 3.63) is 65.7 Å². The van der Waals surface area contributed by atoms with E-state index < -0.39 is 33.7 Å². The number of carbonyl (C=O) groups is 2. The van der Waals surface area contributed by atoms with Gasteiger partial charge >= 0.3 is 6.18 Å². The van der Waals surface area contributed by atoms with Gasteiger partial charge in [-0.2, -0.15) is 17.5 Å². The second-order valence-corrected chi connectivity index (χ2v) is 9.21. The fourth-order valence-electron chi connectivity index (χ4n) is 3.40. The van der Waals surface area contributed by atoms with Crippen LogP contribution in [0.4, 0.5) is 13.2 Å². The number of hydrogen-bond donors (Lipinski definition) is 1. The van der Waals surface area contributed by atoms with Gasteiger partial charge in [0.05, 0.1) is 10.5 Å². The van der Waals surface area contributed by atoms with E-state index >= 15 is 0 Å². The van der Waals surface area contributed by atoms with Crippen LogP contribution in [0, 0.1) is 0 Å². The van der Waals surface area contributed by atoms with Crippen molar-refractivity contribution in [3.63, 3.8) is 0 Å². The molecule has 0 saturated carbocycles. The maximum atomic E-state index is 13.1.